The highest BCUT2D eigenvalue weighted by Crippen LogP contribution is 2.03. The molecule has 102 valence electrons. The van der Waals surface area contributed by atoms with Crippen molar-refractivity contribution in [3.05, 3.63) is 35.9 Å². The molecule has 0 saturated carbocycles. The molecule has 2 N–H and O–H groups in total. The quantitative estimate of drug-likeness (QED) is 0.843. The van der Waals surface area contributed by atoms with Crippen LogP contribution in [0.2, 0.25) is 0 Å². The summed E-state index contributed by atoms with van der Waals surface area (Å²) in [4.78, 5) is 13.5. The largest absolute Gasteiger partial charge is 0.383 e. The summed E-state index contributed by atoms with van der Waals surface area (Å²) in [5.74, 6) is -0.0501. The zero-order valence-corrected chi connectivity index (χ0v) is 11.7. The van der Waals surface area contributed by atoms with Crippen molar-refractivity contribution in [3.8, 4) is 0 Å². The zero-order valence-electron chi connectivity index (χ0n) is 10.8. The minimum Gasteiger partial charge on any atom is -0.383 e. The molecular formula is C13H21ClN2O2. The van der Waals surface area contributed by atoms with Gasteiger partial charge in [-0.05, 0) is 12.0 Å². The minimum atomic E-state index is -0.487. The first-order chi connectivity index (χ1) is 8.15. The van der Waals surface area contributed by atoms with Gasteiger partial charge < -0.3 is 15.4 Å². The lowest BCUT2D eigenvalue weighted by Crippen LogP contribution is -2.44. The number of rotatable bonds is 6. The van der Waals surface area contributed by atoms with Crippen molar-refractivity contribution >= 4 is 18.3 Å². The lowest BCUT2D eigenvalue weighted by atomic mass is 10.1. The molecule has 18 heavy (non-hydrogen) atoms. The molecule has 1 amide bonds. The number of hydrogen-bond acceptors (Lipinski definition) is 3. The lowest BCUT2D eigenvalue weighted by molar-refractivity contribution is -0.131. The summed E-state index contributed by atoms with van der Waals surface area (Å²) in [6, 6.07) is 9.30. The third-order valence-corrected chi connectivity index (χ3v) is 2.62. The molecule has 0 bridgehead atoms. The zero-order chi connectivity index (χ0) is 12.7. The van der Waals surface area contributed by atoms with E-state index in [9.17, 15) is 4.79 Å². The summed E-state index contributed by atoms with van der Waals surface area (Å²) in [6.07, 6.45) is 0.566. The second-order valence-electron chi connectivity index (χ2n) is 4.05. The molecule has 1 rings (SSSR count). The molecule has 0 saturated heterocycles. The maximum atomic E-state index is 11.9. The second-order valence-corrected chi connectivity index (χ2v) is 4.05. The number of hydrogen-bond donors (Lipinski definition) is 1. The molecular weight excluding hydrogens is 252 g/mol. The first-order valence-corrected chi connectivity index (χ1v) is 5.68. The van der Waals surface area contributed by atoms with E-state index < -0.39 is 6.04 Å². The topological polar surface area (TPSA) is 55.6 Å². The molecule has 1 atom stereocenters. The van der Waals surface area contributed by atoms with Crippen LogP contribution in [0.15, 0.2) is 30.3 Å². The monoisotopic (exact) mass is 272 g/mol. The van der Waals surface area contributed by atoms with Crippen molar-refractivity contribution in [2.24, 2.45) is 5.73 Å². The maximum Gasteiger partial charge on any atom is 0.239 e. The number of carbonyl (C=O) groups excluding carboxylic acids is 1. The standard InChI is InChI=1S/C13H20N2O2.ClH/c1-15(8-9-17-2)13(16)12(14)10-11-6-4-3-5-7-11;/h3-7,12H,8-10,14H2,1-2H3;1H/t12-;/m0./s1. The van der Waals surface area contributed by atoms with Crippen LogP contribution >= 0.6 is 12.4 Å². The Bertz CT molecular complexity index is 346. The molecule has 0 aliphatic heterocycles. The Labute approximate surface area is 115 Å². The van der Waals surface area contributed by atoms with Gasteiger partial charge in [0.25, 0.3) is 0 Å². The first kappa shape index (κ1) is 16.9. The van der Waals surface area contributed by atoms with Crippen LogP contribution in [0.25, 0.3) is 0 Å². The number of methoxy groups -OCH3 is 1. The van der Waals surface area contributed by atoms with Gasteiger partial charge in [-0.2, -0.15) is 0 Å². The van der Waals surface area contributed by atoms with Gasteiger partial charge >= 0.3 is 0 Å². The fourth-order valence-corrected chi connectivity index (χ4v) is 1.58. The summed E-state index contributed by atoms with van der Waals surface area (Å²) in [5, 5.41) is 0. The number of amides is 1. The molecule has 0 spiro atoms. The van der Waals surface area contributed by atoms with Crippen molar-refractivity contribution in [3.63, 3.8) is 0 Å². The highest BCUT2D eigenvalue weighted by atomic mass is 35.5. The van der Waals surface area contributed by atoms with E-state index in [2.05, 4.69) is 0 Å². The van der Waals surface area contributed by atoms with E-state index in [-0.39, 0.29) is 18.3 Å². The van der Waals surface area contributed by atoms with E-state index in [1.54, 1.807) is 19.1 Å². The third-order valence-electron chi connectivity index (χ3n) is 2.62. The Morgan fingerprint density at radius 2 is 2.00 bits per heavy atom. The minimum absolute atomic E-state index is 0. The highest BCUT2D eigenvalue weighted by Gasteiger charge is 2.17. The molecule has 0 aliphatic rings. The number of carbonyl (C=O) groups is 1. The van der Waals surface area contributed by atoms with Gasteiger partial charge in [0, 0.05) is 20.7 Å². The van der Waals surface area contributed by atoms with Gasteiger partial charge in [0.2, 0.25) is 5.91 Å². The van der Waals surface area contributed by atoms with Crippen LogP contribution in [0.4, 0.5) is 0 Å². The number of ether oxygens (including phenoxy) is 1. The Hall–Kier alpha value is -1.10. The fraction of sp³-hybridized carbons (Fsp3) is 0.462. The molecule has 0 heterocycles. The number of likely N-dealkylation sites (N-methyl/N-ethyl adjacent to an activating group) is 1. The molecule has 0 fully saturated rings. The van der Waals surface area contributed by atoms with Crippen LogP contribution < -0.4 is 5.73 Å². The third kappa shape index (κ3) is 5.49. The molecule has 4 nitrogen and oxygen atoms in total. The normalized spacial score (nSPS) is 11.5. The predicted octanol–water partition coefficient (Wildman–Crippen LogP) is 1.08. The Kier molecular flexibility index (Phi) is 8.37. The van der Waals surface area contributed by atoms with Crippen LogP contribution in [-0.4, -0.2) is 44.2 Å². The Balaban J connectivity index is 0.00000289. The van der Waals surface area contributed by atoms with E-state index in [1.807, 2.05) is 30.3 Å². The van der Waals surface area contributed by atoms with E-state index >= 15 is 0 Å². The average molecular weight is 273 g/mol. The molecule has 0 aromatic heterocycles. The van der Waals surface area contributed by atoms with Gasteiger partial charge in [0.1, 0.15) is 0 Å². The second kappa shape index (κ2) is 8.91. The first-order valence-electron chi connectivity index (χ1n) is 5.68. The summed E-state index contributed by atoms with van der Waals surface area (Å²) >= 11 is 0. The molecule has 1 aromatic carbocycles. The van der Waals surface area contributed by atoms with Gasteiger partial charge in [0.15, 0.2) is 0 Å². The summed E-state index contributed by atoms with van der Waals surface area (Å²) in [5.41, 5.74) is 6.97. The van der Waals surface area contributed by atoms with E-state index in [0.717, 1.165) is 5.56 Å². The number of benzene rings is 1. The van der Waals surface area contributed by atoms with Gasteiger partial charge in [-0.1, -0.05) is 30.3 Å². The summed E-state index contributed by atoms with van der Waals surface area (Å²) in [6.45, 7) is 1.10. The van der Waals surface area contributed by atoms with Crippen molar-refractivity contribution in [1.29, 1.82) is 0 Å². The van der Waals surface area contributed by atoms with Crippen molar-refractivity contribution < 1.29 is 9.53 Å². The van der Waals surface area contributed by atoms with Crippen LogP contribution in [-0.2, 0) is 16.0 Å². The van der Waals surface area contributed by atoms with E-state index in [0.29, 0.717) is 19.6 Å². The summed E-state index contributed by atoms with van der Waals surface area (Å²) < 4.78 is 4.93. The average Bonchev–Trinajstić information content (AvgIpc) is 2.36. The van der Waals surface area contributed by atoms with Crippen LogP contribution in [0.3, 0.4) is 0 Å². The van der Waals surface area contributed by atoms with Gasteiger partial charge in [-0.15, -0.1) is 12.4 Å². The van der Waals surface area contributed by atoms with Gasteiger partial charge in [0.05, 0.1) is 12.6 Å². The molecule has 0 unspecified atom stereocenters. The fourth-order valence-electron chi connectivity index (χ4n) is 1.58. The van der Waals surface area contributed by atoms with E-state index in [4.69, 9.17) is 10.5 Å². The number of nitrogens with zero attached hydrogens (tertiary/aromatic N) is 1. The van der Waals surface area contributed by atoms with Gasteiger partial charge in [-0.25, -0.2) is 0 Å². The highest BCUT2D eigenvalue weighted by molar-refractivity contribution is 5.85. The molecule has 1 aromatic rings. The summed E-state index contributed by atoms with van der Waals surface area (Å²) in [7, 11) is 3.36. The number of nitrogens with two attached hydrogens (primary N) is 1. The molecule has 0 aliphatic carbocycles. The van der Waals surface area contributed by atoms with Crippen molar-refractivity contribution in [2.75, 3.05) is 27.3 Å². The molecule has 5 heteroatoms. The van der Waals surface area contributed by atoms with Crippen molar-refractivity contribution in [2.45, 2.75) is 12.5 Å². The van der Waals surface area contributed by atoms with Crippen molar-refractivity contribution in [1.82, 2.24) is 4.90 Å². The number of halogens is 1. The SMILES string of the molecule is COCCN(C)C(=O)[C@@H](N)Cc1ccccc1.Cl. The predicted molar refractivity (Wildman–Crippen MR) is 74.9 cm³/mol. The van der Waals surface area contributed by atoms with Crippen LogP contribution in [0.1, 0.15) is 5.56 Å². The van der Waals surface area contributed by atoms with Crippen LogP contribution in [0.5, 0.6) is 0 Å². The smallest absolute Gasteiger partial charge is 0.239 e. The maximum absolute atomic E-state index is 11.9. The van der Waals surface area contributed by atoms with Gasteiger partial charge in [-0.3, -0.25) is 4.79 Å². The Morgan fingerprint density at radius 1 is 1.39 bits per heavy atom. The van der Waals surface area contributed by atoms with E-state index in [1.165, 1.54) is 0 Å². The van der Waals surface area contributed by atoms with Crippen LogP contribution in [0, 0.1) is 0 Å². The lowest BCUT2D eigenvalue weighted by Gasteiger charge is -2.21. The molecule has 0 radical (unpaired) electrons. The Morgan fingerprint density at radius 3 is 2.56 bits per heavy atom.